The summed E-state index contributed by atoms with van der Waals surface area (Å²) in [6, 6.07) is 8.75. The molecule has 29 heavy (non-hydrogen) atoms. The van der Waals surface area contributed by atoms with Crippen molar-refractivity contribution in [3.8, 4) is 0 Å². The normalized spacial score (nSPS) is 18.4. The first-order chi connectivity index (χ1) is 13.9. The average molecular weight is 394 g/mol. The van der Waals surface area contributed by atoms with E-state index in [9.17, 15) is 9.59 Å². The van der Waals surface area contributed by atoms with E-state index in [0.717, 1.165) is 25.2 Å². The van der Waals surface area contributed by atoms with Crippen molar-refractivity contribution < 1.29 is 9.59 Å². The molecular formula is C21H26N6O2. The number of rotatable bonds is 4. The predicted octanol–water partition coefficient (Wildman–Crippen LogP) is 2.88. The molecule has 0 aliphatic carbocycles. The predicted molar refractivity (Wildman–Crippen MR) is 112 cm³/mol. The van der Waals surface area contributed by atoms with Gasteiger partial charge in [-0.05, 0) is 43.5 Å². The molecule has 152 valence electrons. The number of aromatic nitrogens is 2. The molecule has 0 unspecified atom stereocenters. The fraction of sp³-hybridized carbons (Fsp3) is 0.429. The van der Waals surface area contributed by atoms with Crippen LogP contribution in [0.5, 0.6) is 0 Å². The first-order valence-electron chi connectivity index (χ1n) is 10.0. The number of amides is 3. The minimum atomic E-state index is -0.280. The zero-order valence-corrected chi connectivity index (χ0v) is 16.9. The molecule has 2 aliphatic heterocycles. The van der Waals surface area contributed by atoms with Crippen LogP contribution in [0.25, 0.3) is 0 Å². The summed E-state index contributed by atoms with van der Waals surface area (Å²) in [5.74, 6) is 1.10. The van der Waals surface area contributed by atoms with Crippen molar-refractivity contribution in [3.05, 3.63) is 42.2 Å². The lowest BCUT2D eigenvalue weighted by atomic mass is 10.1. The van der Waals surface area contributed by atoms with Gasteiger partial charge < -0.3 is 10.2 Å². The molecule has 3 amide bonds. The highest BCUT2D eigenvalue weighted by Crippen LogP contribution is 2.39. The standard InChI is InChI=1S/C21H26N6O2/c1-13(2)14(3)23-20(28)16-7-8-17-19(24-16)27(15-9-11-26(17)12-15)21(29)25-18-6-4-5-10-22-18/h4-8,10,13-15H,9,11-12H2,1-3H3,(H,23,28)(H,22,25,29)/t14-,15+/m1/s1. The lowest BCUT2D eigenvalue weighted by Gasteiger charge is -2.35. The van der Waals surface area contributed by atoms with Crippen molar-refractivity contribution in [1.29, 1.82) is 0 Å². The second-order valence-corrected chi connectivity index (χ2v) is 7.95. The molecule has 0 saturated carbocycles. The molecule has 2 aromatic heterocycles. The number of nitrogens with zero attached hydrogens (tertiary/aromatic N) is 4. The number of urea groups is 1. The smallest absolute Gasteiger partial charge is 0.329 e. The van der Waals surface area contributed by atoms with Gasteiger partial charge in [0.15, 0.2) is 5.82 Å². The molecule has 0 radical (unpaired) electrons. The number of carbonyl (C=O) groups is 2. The fourth-order valence-electron chi connectivity index (χ4n) is 3.65. The van der Waals surface area contributed by atoms with Crippen molar-refractivity contribution in [3.63, 3.8) is 0 Å². The summed E-state index contributed by atoms with van der Waals surface area (Å²) in [7, 11) is 0. The number of fused-ring (bicyclic) bond motifs is 4. The molecule has 8 heteroatoms. The largest absolute Gasteiger partial charge is 0.366 e. The Morgan fingerprint density at radius 2 is 2.00 bits per heavy atom. The summed E-state index contributed by atoms with van der Waals surface area (Å²) in [5, 5.41) is 5.83. The van der Waals surface area contributed by atoms with Crippen molar-refractivity contribution in [2.45, 2.75) is 39.3 Å². The number of anilines is 3. The monoisotopic (exact) mass is 394 g/mol. The third-order valence-electron chi connectivity index (χ3n) is 5.66. The summed E-state index contributed by atoms with van der Waals surface area (Å²) >= 11 is 0. The van der Waals surface area contributed by atoms with Crippen LogP contribution in [0.15, 0.2) is 36.5 Å². The summed E-state index contributed by atoms with van der Waals surface area (Å²) in [6.45, 7) is 7.71. The van der Waals surface area contributed by atoms with Crippen LogP contribution in [0.1, 0.15) is 37.7 Å². The number of hydrogen-bond acceptors (Lipinski definition) is 5. The second-order valence-electron chi connectivity index (χ2n) is 7.95. The second kappa shape index (κ2) is 7.69. The van der Waals surface area contributed by atoms with E-state index in [-0.39, 0.29) is 24.0 Å². The van der Waals surface area contributed by atoms with Gasteiger partial charge in [-0.2, -0.15) is 0 Å². The number of nitrogens with one attached hydrogen (secondary N) is 2. The maximum atomic E-state index is 13.1. The van der Waals surface area contributed by atoms with E-state index in [4.69, 9.17) is 0 Å². The van der Waals surface area contributed by atoms with E-state index in [1.807, 2.05) is 19.1 Å². The lowest BCUT2D eigenvalue weighted by molar-refractivity contribution is 0.0925. The average Bonchev–Trinajstić information content (AvgIpc) is 3.12. The molecule has 0 spiro atoms. The molecule has 2 aliphatic rings. The van der Waals surface area contributed by atoms with Crippen molar-refractivity contribution >= 4 is 29.3 Å². The molecule has 2 N–H and O–H groups in total. The molecule has 1 fully saturated rings. The third kappa shape index (κ3) is 3.74. The van der Waals surface area contributed by atoms with Gasteiger partial charge in [-0.3, -0.25) is 15.0 Å². The van der Waals surface area contributed by atoms with E-state index in [1.165, 1.54) is 0 Å². The van der Waals surface area contributed by atoms with Gasteiger partial charge in [0.1, 0.15) is 11.5 Å². The van der Waals surface area contributed by atoms with E-state index in [2.05, 4.69) is 39.3 Å². The van der Waals surface area contributed by atoms with Crippen molar-refractivity contribution in [1.82, 2.24) is 15.3 Å². The highest BCUT2D eigenvalue weighted by molar-refractivity contribution is 6.05. The summed E-state index contributed by atoms with van der Waals surface area (Å²) in [4.78, 5) is 38.4. The molecule has 0 aromatic carbocycles. The Balaban J connectivity index is 1.63. The molecule has 8 nitrogen and oxygen atoms in total. The van der Waals surface area contributed by atoms with Crippen LogP contribution in [0.3, 0.4) is 0 Å². The Bertz CT molecular complexity index is 917. The molecule has 1 saturated heterocycles. The van der Waals surface area contributed by atoms with Crippen LogP contribution in [0, 0.1) is 5.92 Å². The maximum Gasteiger partial charge on any atom is 0.329 e. The SMILES string of the molecule is CC(C)[C@@H](C)NC(=O)c1ccc2c(n1)N(C(=O)Nc1ccccn1)[C@H]1CCN2C1. The summed E-state index contributed by atoms with van der Waals surface area (Å²) in [6.07, 6.45) is 2.49. The Kier molecular flexibility index (Phi) is 5.08. The van der Waals surface area contributed by atoms with Crippen LogP contribution >= 0.6 is 0 Å². The van der Waals surface area contributed by atoms with Crippen LogP contribution in [0.2, 0.25) is 0 Å². The van der Waals surface area contributed by atoms with Gasteiger partial charge in [0.05, 0.1) is 11.7 Å². The first kappa shape index (κ1) is 19.2. The zero-order valence-electron chi connectivity index (χ0n) is 16.9. The van der Waals surface area contributed by atoms with Crippen LogP contribution in [-0.4, -0.2) is 47.1 Å². The van der Waals surface area contributed by atoms with Gasteiger partial charge in [-0.25, -0.2) is 14.8 Å². The summed E-state index contributed by atoms with van der Waals surface area (Å²) < 4.78 is 0. The van der Waals surface area contributed by atoms with E-state index in [0.29, 0.717) is 23.2 Å². The molecular weight excluding hydrogens is 368 g/mol. The number of hydrogen-bond donors (Lipinski definition) is 2. The van der Waals surface area contributed by atoms with Gasteiger partial charge in [0, 0.05) is 25.3 Å². The van der Waals surface area contributed by atoms with Gasteiger partial charge in [-0.15, -0.1) is 0 Å². The Morgan fingerprint density at radius 1 is 1.17 bits per heavy atom. The number of pyridine rings is 2. The Labute approximate surface area is 170 Å². The van der Waals surface area contributed by atoms with Gasteiger partial charge in [0.25, 0.3) is 5.91 Å². The highest BCUT2D eigenvalue weighted by Gasteiger charge is 2.40. The molecule has 4 heterocycles. The molecule has 2 aromatic rings. The van der Waals surface area contributed by atoms with Gasteiger partial charge in [-0.1, -0.05) is 19.9 Å². The van der Waals surface area contributed by atoms with E-state index in [1.54, 1.807) is 29.3 Å². The minimum absolute atomic E-state index is 0.0200. The quantitative estimate of drug-likeness (QED) is 0.832. The third-order valence-corrected chi connectivity index (χ3v) is 5.66. The fourth-order valence-corrected chi connectivity index (χ4v) is 3.65. The lowest BCUT2D eigenvalue weighted by Crippen LogP contribution is -2.48. The van der Waals surface area contributed by atoms with Crippen LogP contribution < -0.4 is 20.4 Å². The maximum absolute atomic E-state index is 13.1. The van der Waals surface area contributed by atoms with Crippen molar-refractivity contribution in [2.75, 3.05) is 28.2 Å². The molecule has 2 atom stereocenters. The summed E-state index contributed by atoms with van der Waals surface area (Å²) in [5.41, 5.74) is 1.19. The van der Waals surface area contributed by atoms with Gasteiger partial charge in [0.2, 0.25) is 0 Å². The van der Waals surface area contributed by atoms with Crippen LogP contribution in [-0.2, 0) is 0 Å². The minimum Gasteiger partial charge on any atom is -0.366 e. The Morgan fingerprint density at radius 3 is 2.72 bits per heavy atom. The first-order valence-corrected chi connectivity index (χ1v) is 10.0. The number of carbonyl (C=O) groups excluding carboxylic acids is 2. The zero-order chi connectivity index (χ0) is 20.5. The van der Waals surface area contributed by atoms with Crippen molar-refractivity contribution in [2.24, 2.45) is 5.92 Å². The van der Waals surface area contributed by atoms with E-state index < -0.39 is 0 Å². The topological polar surface area (TPSA) is 90.5 Å². The van der Waals surface area contributed by atoms with Crippen LogP contribution in [0.4, 0.5) is 22.1 Å². The highest BCUT2D eigenvalue weighted by atomic mass is 16.2. The Hall–Kier alpha value is -3.16. The molecule has 2 bridgehead atoms. The molecule has 4 rings (SSSR count). The van der Waals surface area contributed by atoms with Gasteiger partial charge >= 0.3 is 6.03 Å². The van der Waals surface area contributed by atoms with E-state index >= 15 is 0 Å².